The van der Waals surface area contributed by atoms with Gasteiger partial charge < -0.3 is 5.32 Å². The van der Waals surface area contributed by atoms with Crippen LogP contribution in [0.2, 0.25) is 0 Å². The normalized spacial score (nSPS) is 10.5. The summed E-state index contributed by atoms with van der Waals surface area (Å²) in [7, 11) is 0. The average Bonchev–Trinajstić information content (AvgIpc) is 2.91. The molecular weight excluding hydrogens is 240 g/mol. The fraction of sp³-hybridized carbons (Fsp3) is 0.0714. The van der Waals surface area contributed by atoms with Gasteiger partial charge >= 0.3 is 0 Å². The van der Waals surface area contributed by atoms with E-state index in [0.717, 1.165) is 16.5 Å². The molecule has 0 aliphatic rings. The quantitative estimate of drug-likeness (QED) is 0.776. The third-order valence-corrected chi connectivity index (χ3v) is 2.81. The number of nitrogens with one attached hydrogen (secondary N) is 1. The smallest absolute Gasteiger partial charge is 0.246 e. The number of hydrogen-bond donors (Lipinski definition) is 1. The Balaban J connectivity index is 1.75. The molecule has 1 aromatic heterocycles. The van der Waals surface area contributed by atoms with Crippen LogP contribution in [0, 0.1) is 0 Å². The molecule has 0 aliphatic carbocycles. The van der Waals surface area contributed by atoms with Gasteiger partial charge in [0.15, 0.2) is 0 Å². The molecule has 0 aliphatic heterocycles. The minimum atomic E-state index is -0.124. The van der Waals surface area contributed by atoms with Gasteiger partial charge in [-0.1, -0.05) is 30.3 Å². The third kappa shape index (κ3) is 2.60. The summed E-state index contributed by atoms with van der Waals surface area (Å²) in [5.74, 6) is -0.124. The van der Waals surface area contributed by atoms with E-state index in [1.54, 1.807) is 0 Å². The van der Waals surface area contributed by atoms with E-state index in [0.29, 0.717) is 0 Å². The summed E-state index contributed by atoms with van der Waals surface area (Å²) in [5.41, 5.74) is 0.781. The van der Waals surface area contributed by atoms with Gasteiger partial charge in [0.25, 0.3) is 0 Å². The predicted molar refractivity (Wildman–Crippen MR) is 72.6 cm³/mol. The Morgan fingerprint density at radius 2 is 2.00 bits per heavy atom. The van der Waals surface area contributed by atoms with E-state index in [2.05, 4.69) is 15.4 Å². The molecule has 0 atom stereocenters. The number of anilines is 1. The zero-order valence-electron chi connectivity index (χ0n) is 10.2. The van der Waals surface area contributed by atoms with Crippen LogP contribution in [0.1, 0.15) is 0 Å². The van der Waals surface area contributed by atoms with Crippen molar-refractivity contribution in [3.8, 4) is 0 Å². The molecule has 1 amide bonds. The van der Waals surface area contributed by atoms with Crippen molar-refractivity contribution in [3.63, 3.8) is 0 Å². The standard InChI is InChI=1S/C14H12N4O/c19-14(8-18-10-15-9-16-18)17-13-6-5-11-3-1-2-4-12(11)7-13/h1-7,9-10H,8H2,(H,17,19). The Bertz CT molecular complexity index is 706. The van der Waals surface area contributed by atoms with E-state index >= 15 is 0 Å². The van der Waals surface area contributed by atoms with Crippen molar-refractivity contribution in [2.24, 2.45) is 0 Å². The number of benzene rings is 2. The summed E-state index contributed by atoms with van der Waals surface area (Å²) in [4.78, 5) is 15.6. The van der Waals surface area contributed by atoms with Crippen LogP contribution < -0.4 is 5.32 Å². The van der Waals surface area contributed by atoms with Gasteiger partial charge in [0.1, 0.15) is 19.2 Å². The number of amides is 1. The highest BCUT2D eigenvalue weighted by Crippen LogP contribution is 2.18. The van der Waals surface area contributed by atoms with Gasteiger partial charge in [0, 0.05) is 5.69 Å². The zero-order valence-corrected chi connectivity index (χ0v) is 10.2. The minimum absolute atomic E-state index is 0.124. The number of aromatic nitrogens is 3. The first kappa shape index (κ1) is 11.4. The predicted octanol–water partition coefficient (Wildman–Crippen LogP) is 2.07. The number of hydrogen-bond acceptors (Lipinski definition) is 3. The summed E-state index contributed by atoms with van der Waals surface area (Å²) in [5, 5.41) is 8.99. The molecule has 0 unspecified atom stereocenters. The number of fused-ring (bicyclic) bond motifs is 1. The number of carbonyl (C=O) groups is 1. The van der Waals surface area contributed by atoms with Crippen LogP contribution in [0.5, 0.6) is 0 Å². The monoisotopic (exact) mass is 252 g/mol. The molecule has 0 spiro atoms. The van der Waals surface area contributed by atoms with Crippen molar-refractivity contribution in [3.05, 3.63) is 55.1 Å². The molecule has 3 rings (SSSR count). The lowest BCUT2D eigenvalue weighted by Crippen LogP contribution is -2.18. The molecule has 1 heterocycles. The first-order valence-electron chi connectivity index (χ1n) is 5.92. The molecule has 2 aromatic carbocycles. The zero-order chi connectivity index (χ0) is 13.1. The van der Waals surface area contributed by atoms with Gasteiger partial charge in [-0.2, -0.15) is 5.10 Å². The first-order valence-corrected chi connectivity index (χ1v) is 5.92. The van der Waals surface area contributed by atoms with Gasteiger partial charge in [-0.05, 0) is 22.9 Å². The Kier molecular flexibility index (Phi) is 2.94. The summed E-state index contributed by atoms with van der Waals surface area (Å²) < 4.78 is 1.48. The largest absolute Gasteiger partial charge is 0.324 e. The number of carbonyl (C=O) groups excluding carboxylic acids is 1. The van der Waals surface area contributed by atoms with Crippen LogP contribution >= 0.6 is 0 Å². The second-order valence-corrected chi connectivity index (χ2v) is 4.20. The van der Waals surface area contributed by atoms with Gasteiger partial charge in [0.05, 0.1) is 0 Å². The number of rotatable bonds is 3. The molecule has 0 bridgehead atoms. The fourth-order valence-corrected chi connectivity index (χ4v) is 1.93. The van der Waals surface area contributed by atoms with Crippen LogP contribution in [0.4, 0.5) is 5.69 Å². The van der Waals surface area contributed by atoms with Gasteiger partial charge in [-0.3, -0.25) is 4.79 Å². The Hall–Kier alpha value is -2.69. The van der Waals surface area contributed by atoms with Crippen LogP contribution in [-0.2, 0) is 11.3 Å². The maximum atomic E-state index is 11.8. The maximum absolute atomic E-state index is 11.8. The van der Waals surface area contributed by atoms with Crippen LogP contribution in [0.3, 0.4) is 0 Å². The highest BCUT2D eigenvalue weighted by molar-refractivity contribution is 5.94. The van der Waals surface area contributed by atoms with Crippen molar-refractivity contribution in [1.29, 1.82) is 0 Å². The van der Waals surface area contributed by atoms with Crippen molar-refractivity contribution in [2.45, 2.75) is 6.54 Å². The molecule has 0 saturated carbocycles. The number of nitrogens with zero attached hydrogens (tertiary/aromatic N) is 3. The maximum Gasteiger partial charge on any atom is 0.246 e. The highest BCUT2D eigenvalue weighted by Gasteiger charge is 2.04. The summed E-state index contributed by atoms with van der Waals surface area (Å²) in [6, 6.07) is 13.9. The van der Waals surface area contributed by atoms with Crippen molar-refractivity contribution < 1.29 is 4.79 Å². The highest BCUT2D eigenvalue weighted by atomic mass is 16.2. The van der Waals surface area contributed by atoms with Crippen molar-refractivity contribution in [2.75, 3.05) is 5.32 Å². The van der Waals surface area contributed by atoms with E-state index in [9.17, 15) is 4.79 Å². The molecule has 3 aromatic rings. The average molecular weight is 252 g/mol. The van der Waals surface area contributed by atoms with Crippen LogP contribution in [0.25, 0.3) is 10.8 Å². The SMILES string of the molecule is O=C(Cn1cncn1)Nc1ccc2ccccc2c1. The molecule has 0 saturated heterocycles. The topological polar surface area (TPSA) is 59.8 Å². The van der Waals surface area contributed by atoms with E-state index in [-0.39, 0.29) is 12.5 Å². The second kappa shape index (κ2) is 4.89. The molecule has 0 fully saturated rings. The van der Waals surface area contributed by atoms with Gasteiger partial charge in [0.2, 0.25) is 5.91 Å². The summed E-state index contributed by atoms with van der Waals surface area (Å²) in [6.45, 7) is 0.160. The van der Waals surface area contributed by atoms with Gasteiger partial charge in [-0.25, -0.2) is 9.67 Å². The fourth-order valence-electron chi connectivity index (χ4n) is 1.93. The van der Waals surface area contributed by atoms with Crippen molar-refractivity contribution in [1.82, 2.24) is 14.8 Å². The summed E-state index contributed by atoms with van der Waals surface area (Å²) in [6.07, 6.45) is 2.92. The molecule has 5 nitrogen and oxygen atoms in total. The molecule has 0 radical (unpaired) electrons. The summed E-state index contributed by atoms with van der Waals surface area (Å²) >= 11 is 0. The van der Waals surface area contributed by atoms with Crippen molar-refractivity contribution >= 4 is 22.4 Å². The Morgan fingerprint density at radius 3 is 2.79 bits per heavy atom. The van der Waals surface area contributed by atoms with Crippen LogP contribution in [-0.4, -0.2) is 20.7 Å². The molecular formula is C14H12N4O. The lowest BCUT2D eigenvalue weighted by atomic mass is 10.1. The minimum Gasteiger partial charge on any atom is -0.324 e. The van der Waals surface area contributed by atoms with E-state index < -0.39 is 0 Å². The lowest BCUT2D eigenvalue weighted by molar-refractivity contribution is -0.116. The van der Waals surface area contributed by atoms with Crippen LogP contribution in [0.15, 0.2) is 55.1 Å². The Morgan fingerprint density at radius 1 is 1.16 bits per heavy atom. The van der Waals surface area contributed by atoms with Gasteiger partial charge in [-0.15, -0.1) is 0 Å². The molecule has 1 N–H and O–H groups in total. The Labute approximate surface area is 109 Å². The first-order chi connectivity index (χ1) is 9.31. The lowest BCUT2D eigenvalue weighted by Gasteiger charge is -2.06. The van der Waals surface area contributed by atoms with E-state index in [4.69, 9.17) is 0 Å². The molecule has 5 heteroatoms. The second-order valence-electron chi connectivity index (χ2n) is 4.20. The third-order valence-electron chi connectivity index (χ3n) is 2.81. The van der Waals surface area contributed by atoms with E-state index in [1.165, 1.54) is 17.3 Å². The molecule has 94 valence electrons. The molecule has 19 heavy (non-hydrogen) atoms. The van der Waals surface area contributed by atoms with E-state index in [1.807, 2.05) is 42.5 Å².